The summed E-state index contributed by atoms with van der Waals surface area (Å²) in [6.07, 6.45) is 4.09. The zero-order chi connectivity index (χ0) is 16.9. The quantitative estimate of drug-likeness (QED) is 0.334. The van der Waals surface area contributed by atoms with Crippen LogP contribution in [0.25, 0.3) is 0 Å². The predicted molar refractivity (Wildman–Crippen MR) is 94.0 cm³/mol. The van der Waals surface area contributed by atoms with Crippen LogP contribution in [-0.2, 0) is 0 Å². The molecule has 0 saturated carbocycles. The molecule has 0 radical (unpaired) electrons. The molecule has 0 aromatic heterocycles. The van der Waals surface area contributed by atoms with Crippen LogP contribution in [0.5, 0.6) is 5.75 Å². The Morgan fingerprint density at radius 1 is 1.54 bits per heavy atom. The molecular weight excluding hydrogens is 304 g/mol. The maximum atomic E-state index is 8.92. The van der Waals surface area contributed by atoms with E-state index in [0.717, 1.165) is 44.0 Å². The molecule has 0 bridgehead atoms. The summed E-state index contributed by atoms with van der Waals surface area (Å²) >= 11 is 0. The Balaban J connectivity index is 1.87. The van der Waals surface area contributed by atoms with Gasteiger partial charge in [-0.05, 0) is 49.4 Å². The highest BCUT2D eigenvalue weighted by Gasteiger charge is 2.28. The topological polar surface area (TPSA) is 84.7 Å². The van der Waals surface area contributed by atoms with E-state index in [4.69, 9.17) is 10.00 Å². The van der Waals surface area contributed by atoms with Crippen LogP contribution >= 0.6 is 0 Å². The lowest BCUT2D eigenvalue weighted by molar-refractivity contribution is 0.224. The van der Waals surface area contributed by atoms with E-state index < -0.39 is 0 Å². The van der Waals surface area contributed by atoms with Gasteiger partial charge in [0.2, 0.25) is 5.96 Å². The monoisotopic (exact) mass is 328 g/mol. The van der Waals surface area contributed by atoms with E-state index in [1.54, 1.807) is 7.05 Å². The average molecular weight is 328 g/mol. The molecule has 3 N–H and O–H groups in total. The van der Waals surface area contributed by atoms with E-state index >= 15 is 0 Å². The van der Waals surface area contributed by atoms with Gasteiger partial charge in [-0.2, -0.15) is 5.26 Å². The first-order chi connectivity index (χ1) is 11.8. The zero-order valence-electron chi connectivity index (χ0n) is 14.2. The summed E-state index contributed by atoms with van der Waals surface area (Å²) in [6.45, 7) is 4.56. The van der Waals surface area contributed by atoms with Gasteiger partial charge in [0.15, 0.2) is 6.19 Å². The van der Waals surface area contributed by atoms with Crippen LogP contribution in [0, 0.1) is 11.5 Å². The van der Waals surface area contributed by atoms with Crippen LogP contribution in [0.4, 0.5) is 5.69 Å². The molecule has 1 aromatic rings. The molecular formula is C17H24N6O. The summed E-state index contributed by atoms with van der Waals surface area (Å²) in [6, 6.07) is 6.77. The zero-order valence-corrected chi connectivity index (χ0v) is 14.2. The predicted octanol–water partition coefficient (Wildman–Crippen LogP) is 1.30. The van der Waals surface area contributed by atoms with Crippen LogP contribution in [-0.4, -0.2) is 38.7 Å². The standard InChI is InChI=1S/C17H24N6O/c1-3-23(17(19-2)20-11-18)14-4-5-16-15(9-14)12(6-7-24-16)8-13-10-21-22-13/h4-5,9,12-13,21-22H,3,6-8,10H2,1-2H3,(H,19,20). The Kier molecular flexibility index (Phi) is 5.18. The second-order valence-corrected chi connectivity index (χ2v) is 6.04. The number of guanidine groups is 1. The first kappa shape index (κ1) is 16.6. The second kappa shape index (κ2) is 7.51. The van der Waals surface area contributed by atoms with E-state index in [1.807, 2.05) is 30.1 Å². The number of fused-ring (bicyclic) bond motifs is 1. The van der Waals surface area contributed by atoms with Crippen molar-refractivity contribution in [2.75, 3.05) is 31.6 Å². The molecule has 2 unspecified atom stereocenters. The number of aliphatic imine (C=N–C) groups is 1. The van der Waals surface area contributed by atoms with Crippen LogP contribution in [0.1, 0.15) is 31.2 Å². The van der Waals surface area contributed by atoms with Crippen molar-refractivity contribution in [3.05, 3.63) is 23.8 Å². The highest BCUT2D eigenvalue weighted by molar-refractivity contribution is 5.97. The summed E-state index contributed by atoms with van der Waals surface area (Å²) in [5.41, 5.74) is 8.63. The van der Waals surface area contributed by atoms with E-state index in [9.17, 15) is 0 Å². The number of nitrogens with one attached hydrogen (secondary N) is 3. The molecule has 1 saturated heterocycles. The van der Waals surface area contributed by atoms with Gasteiger partial charge in [0, 0.05) is 31.9 Å². The number of nitrogens with zero attached hydrogens (tertiary/aromatic N) is 3. The molecule has 0 aliphatic carbocycles. The molecule has 3 rings (SSSR count). The lowest BCUT2D eigenvalue weighted by atomic mass is 9.86. The van der Waals surface area contributed by atoms with E-state index in [-0.39, 0.29) is 0 Å². The van der Waals surface area contributed by atoms with Gasteiger partial charge in [0.1, 0.15) is 5.75 Å². The van der Waals surface area contributed by atoms with Crippen molar-refractivity contribution < 1.29 is 4.74 Å². The van der Waals surface area contributed by atoms with Gasteiger partial charge in [-0.1, -0.05) is 0 Å². The smallest absolute Gasteiger partial charge is 0.211 e. The van der Waals surface area contributed by atoms with Gasteiger partial charge >= 0.3 is 0 Å². The Bertz CT molecular complexity index is 649. The van der Waals surface area contributed by atoms with Crippen molar-refractivity contribution in [1.29, 1.82) is 5.26 Å². The van der Waals surface area contributed by atoms with Crippen molar-refractivity contribution in [3.8, 4) is 11.9 Å². The van der Waals surface area contributed by atoms with Crippen molar-refractivity contribution in [1.82, 2.24) is 16.2 Å². The number of hydrazine groups is 1. The van der Waals surface area contributed by atoms with Gasteiger partial charge in [-0.15, -0.1) is 0 Å². The molecule has 2 aliphatic heterocycles. The van der Waals surface area contributed by atoms with E-state index in [1.165, 1.54) is 5.56 Å². The minimum atomic E-state index is 0.484. The number of ether oxygens (including phenoxy) is 1. The highest BCUT2D eigenvalue weighted by Crippen LogP contribution is 2.39. The number of benzene rings is 1. The van der Waals surface area contributed by atoms with Crippen molar-refractivity contribution >= 4 is 11.6 Å². The van der Waals surface area contributed by atoms with Crippen LogP contribution < -0.4 is 25.8 Å². The van der Waals surface area contributed by atoms with Gasteiger partial charge in [-0.3, -0.25) is 21.2 Å². The molecule has 128 valence electrons. The largest absolute Gasteiger partial charge is 0.493 e. The molecule has 2 atom stereocenters. The molecule has 0 spiro atoms. The van der Waals surface area contributed by atoms with Crippen LogP contribution in [0.15, 0.2) is 23.2 Å². The lowest BCUT2D eigenvalue weighted by Crippen LogP contribution is -2.59. The Morgan fingerprint density at radius 2 is 2.38 bits per heavy atom. The Hall–Kier alpha value is -2.30. The van der Waals surface area contributed by atoms with Crippen molar-refractivity contribution in [3.63, 3.8) is 0 Å². The fourth-order valence-electron chi connectivity index (χ4n) is 3.35. The molecule has 2 aliphatic rings. The van der Waals surface area contributed by atoms with Crippen LogP contribution in [0.2, 0.25) is 0 Å². The normalized spacial score (nSPS) is 22.6. The molecule has 1 aromatic carbocycles. The molecule has 1 fully saturated rings. The first-order valence-electron chi connectivity index (χ1n) is 8.41. The Labute approximate surface area is 142 Å². The van der Waals surface area contributed by atoms with E-state index in [2.05, 4.69) is 27.2 Å². The van der Waals surface area contributed by atoms with Gasteiger partial charge in [0.05, 0.1) is 6.61 Å². The Morgan fingerprint density at radius 3 is 3.00 bits per heavy atom. The van der Waals surface area contributed by atoms with E-state index in [0.29, 0.717) is 17.9 Å². The fraction of sp³-hybridized carbons (Fsp3) is 0.529. The van der Waals surface area contributed by atoms with Crippen molar-refractivity contribution in [2.24, 2.45) is 4.99 Å². The first-order valence-corrected chi connectivity index (χ1v) is 8.41. The highest BCUT2D eigenvalue weighted by atomic mass is 16.5. The maximum Gasteiger partial charge on any atom is 0.211 e. The molecule has 2 heterocycles. The van der Waals surface area contributed by atoms with Crippen LogP contribution in [0.3, 0.4) is 0 Å². The SMILES string of the molecule is CCN(C(=NC)NC#N)c1ccc2c(c1)C(CC1CNN1)CCO2. The molecule has 7 nitrogen and oxygen atoms in total. The third-order valence-electron chi connectivity index (χ3n) is 4.64. The maximum absolute atomic E-state index is 8.92. The fourth-order valence-corrected chi connectivity index (χ4v) is 3.35. The molecule has 24 heavy (non-hydrogen) atoms. The minimum Gasteiger partial charge on any atom is -0.493 e. The number of anilines is 1. The number of hydrogen-bond donors (Lipinski definition) is 3. The molecule has 7 heteroatoms. The lowest BCUT2D eigenvalue weighted by Gasteiger charge is -2.35. The summed E-state index contributed by atoms with van der Waals surface area (Å²) in [7, 11) is 1.68. The summed E-state index contributed by atoms with van der Waals surface area (Å²) < 4.78 is 5.84. The number of hydrogen-bond acceptors (Lipinski definition) is 5. The minimum absolute atomic E-state index is 0.484. The third-order valence-corrected chi connectivity index (χ3v) is 4.64. The second-order valence-electron chi connectivity index (χ2n) is 6.04. The summed E-state index contributed by atoms with van der Waals surface area (Å²) in [5.74, 6) is 2.01. The summed E-state index contributed by atoms with van der Waals surface area (Å²) in [5, 5.41) is 11.6. The van der Waals surface area contributed by atoms with Gasteiger partial charge in [0.25, 0.3) is 0 Å². The van der Waals surface area contributed by atoms with Gasteiger partial charge in [-0.25, -0.2) is 0 Å². The number of rotatable bonds is 4. The molecule has 0 amide bonds. The third kappa shape index (κ3) is 3.30. The average Bonchev–Trinajstić information content (AvgIpc) is 2.58. The van der Waals surface area contributed by atoms with Gasteiger partial charge < -0.3 is 9.64 Å². The van der Waals surface area contributed by atoms with Crippen molar-refractivity contribution in [2.45, 2.75) is 31.7 Å². The summed E-state index contributed by atoms with van der Waals surface area (Å²) in [4.78, 5) is 6.18. The number of nitriles is 1.